The molecule has 0 N–H and O–H groups in total. The van der Waals surface area contributed by atoms with E-state index in [1.165, 1.54) is 0 Å². The van der Waals surface area contributed by atoms with Crippen LogP contribution >= 0.6 is 15.9 Å². The molecular formula is C9H7BrO2. The van der Waals surface area contributed by atoms with E-state index in [-0.39, 0.29) is 6.10 Å². The van der Waals surface area contributed by atoms with Gasteiger partial charge in [-0.25, -0.2) is 0 Å². The van der Waals surface area contributed by atoms with E-state index >= 15 is 0 Å². The fourth-order valence-corrected chi connectivity index (χ4v) is 1.83. The smallest absolute Gasteiger partial charge is 0.160 e. The van der Waals surface area contributed by atoms with Gasteiger partial charge in [-0.05, 0) is 27.6 Å². The van der Waals surface area contributed by atoms with Crippen LogP contribution in [0.4, 0.5) is 0 Å². The SMILES string of the molecule is O=CC1Cc2cccc(Br)c2O1. The quantitative estimate of drug-likeness (QED) is 0.685. The van der Waals surface area contributed by atoms with E-state index in [4.69, 9.17) is 4.74 Å². The summed E-state index contributed by atoms with van der Waals surface area (Å²) in [6.07, 6.45) is 1.24. The number of fused-ring (bicyclic) bond motifs is 1. The molecule has 3 heteroatoms. The van der Waals surface area contributed by atoms with E-state index in [1.807, 2.05) is 18.2 Å². The first-order valence-electron chi connectivity index (χ1n) is 3.70. The average molecular weight is 227 g/mol. The molecule has 12 heavy (non-hydrogen) atoms. The van der Waals surface area contributed by atoms with Crippen LogP contribution in [0.3, 0.4) is 0 Å². The predicted molar refractivity (Wildman–Crippen MR) is 48.3 cm³/mol. The van der Waals surface area contributed by atoms with Gasteiger partial charge in [-0.2, -0.15) is 0 Å². The summed E-state index contributed by atoms with van der Waals surface area (Å²) < 4.78 is 6.29. The van der Waals surface area contributed by atoms with E-state index in [1.54, 1.807) is 0 Å². The highest BCUT2D eigenvalue weighted by molar-refractivity contribution is 9.10. The van der Waals surface area contributed by atoms with Gasteiger partial charge in [0.15, 0.2) is 12.4 Å². The van der Waals surface area contributed by atoms with Crippen molar-refractivity contribution in [2.45, 2.75) is 12.5 Å². The molecule has 62 valence electrons. The Labute approximate surface area is 78.7 Å². The third-order valence-electron chi connectivity index (χ3n) is 1.89. The molecule has 1 atom stereocenters. The van der Waals surface area contributed by atoms with Gasteiger partial charge in [0, 0.05) is 6.42 Å². The van der Waals surface area contributed by atoms with Crippen LogP contribution in [0.25, 0.3) is 0 Å². The van der Waals surface area contributed by atoms with Crippen molar-refractivity contribution in [1.29, 1.82) is 0 Å². The van der Waals surface area contributed by atoms with Crippen molar-refractivity contribution in [2.24, 2.45) is 0 Å². The Morgan fingerprint density at radius 1 is 1.58 bits per heavy atom. The first-order valence-corrected chi connectivity index (χ1v) is 4.50. The molecule has 0 radical (unpaired) electrons. The van der Waals surface area contributed by atoms with E-state index in [0.29, 0.717) is 6.42 Å². The number of hydrogen-bond acceptors (Lipinski definition) is 2. The standard InChI is InChI=1S/C9H7BrO2/c10-8-3-1-2-6-4-7(5-11)12-9(6)8/h1-3,5,7H,4H2. The van der Waals surface area contributed by atoms with Crippen molar-refractivity contribution in [3.63, 3.8) is 0 Å². The molecule has 1 heterocycles. The Kier molecular flexibility index (Phi) is 1.89. The van der Waals surface area contributed by atoms with Crippen molar-refractivity contribution in [2.75, 3.05) is 0 Å². The monoisotopic (exact) mass is 226 g/mol. The maximum atomic E-state index is 10.4. The molecule has 1 aromatic rings. The van der Waals surface area contributed by atoms with Gasteiger partial charge < -0.3 is 4.74 Å². The van der Waals surface area contributed by atoms with E-state index in [2.05, 4.69) is 15.9 Å². The second-order valence-electron chi connectivity index (χ2n) is 2.72. The zero-order valence-corrected chi connectivity index (χ0v) is 7.87. The fraction of sp³-hybridized carbons (Fsp3) is 0.222. The molecule has 0 spiro atoms. The lowest BCUT2D eigenvalue weighted by atomic mass is 10.1. The minimum absolute atomic E-state index is 0.293. The van der Waals surface area contributed by atoms with Gasteiger partial charge in [-0.3, -0.25) is 4.79 Å². The molecule has 0 aromatic heterocycles. The Hall–Kier alpha value is -0.830. The molecule has 1 aliphatic rings. The van der Waals surface area contributed by atoms with Crippen LogP contribution in [0, 0.1) is 0 Å². The summed E-state index contributed by atoms with van der Waals surface area (Å²) in [5, 5.41) is 0. The van der Waals surface area contributed by atoms with Gasteiger partial charge in [0.25, 0.3) is 0 Å². The molecule has 1 aromatic carbocycles. The molecule has 0 bridgehead atoms. The van der Waals surface area contributed by atoms with E-state index in [9.17, 15) is 4.79 Å². The topological polar surface area (TPSA) is 26.3 Å². The van der Waals surface area contributed by atoms with E-state index in [0.717, 1.165) is 22.1 Å². The van der Waals surface area contributed by atoms with Crippen molar-refractivity contribution >= 4 is 22.2 Å². The van der Waals surface area contributed by atoms with Crippen LogP contribution in [-0.2, 0) is 11.2 Å². The van der Waals surface area contributed by atoms with Gasteiger partial charge in [-0.1, -0.05) is 12.1 Å². The summed E-state index contributed by atoms with van der Waals surface area (Å²) in [6.45, 7) is 0. The number of carbonyl (C=O) groups excluding carboxylic acids is 1. The molecular weight excluding hydrogens is 220 g/mol. The van der Waals surface area contributed by atoms with Crippen LogP contribution in [0.15, 0.2) is 22.7 Å². The zero-order chi connectivity index (χ0) is 8.55. The Balaban J connectivity index is 2.41. The van der Waals surface area contributed by atoms with Crippen LogP contribution < -0.4 is 4.74 Å². The maximum Gasteiger partial charge on any atom is 0.160 e. The van der Waals surface area contributed by atoms with E-state index < -0.39 is 0 Å². The number of rotatable bonds is 1. The highest BCUT2D eigenvalue weighted by Gasteiger charge is 2.23. The Bertz CT molecular complexity index is 322. The zero-order valence-electron chi connectivity index (χ0n) is 6.29. The number of benzene rings is 1. The fourth-order valence-electron chi connectivity index (χ4n) is 1.33. The second-order valence-corrected chi connectivity index (χ2v) is 3.58. The first-order chi connectivity index (χ1) is 5.81. The molecule has 0 saturated carbocycles. The summed E-state index contributed by atoms with van der Waals surface area (Å²) in [7, 11) is 0. The van der Waals surface area contributed by atoms with Crippen LogP contribution in [0.5, 0.6) is 5.75 Å². The number of carbonyl (C=O) groups is 1. The van der Waals surface area contributed by atoms with Gasteiger partial charge >= 0.3 is 0 Å². The van der Waals surface area contributed by atoms with Crippen molar-refractivity contribution in [1.82, 2.24) is 0 Å². The highest BCUT2D eigenvalue weighted by atomic mass is 79.9. The first kappa shape index (κ1) is 7.80. The molecule has 0 amide bonds. The summed E-state index contributed by atoms with van der Waals surface area (Å²) in [6, 6.07) is 5.83. The lowest BCUT2D eigenvalue weighted by Gasteiger charge is -2.02. The number of halogens is 1. The lowest BCUT2D eigenvalue weighted by molar-refractivity contribution is -0.113. The third-order valence-corrected chi connectivity index (χ3v) is 2.52. The molecule has 0 aliphatic carbocycles. The third kappa shape index (κ3) is 1.14. The second kappa shape index (κ2) is 2.90. The highest BCUT2D eigenvalue weighted by Crippen LogP contribution is 2.35. The minimum atomic E-state index is -0.293. The summed E-state index contributed by atoms with van der Waals surface area (Å²) in [5.74, 6) is 0.814. The number of aldehydes is 1. The van der Waals surface area contributed by atoms with Gasteiger partial charge in [0.05, 0.1) is 4.47 Å². The summed E-state index contributed by atoms with van der Waals surface area (Å²) in [4.78, 5) is 10.4. The molecule has 0 fully saturated rings. The Morgan fingerprint density at radius 2 is 2.42 bits per heavy atom. The average Bonchev–Trinajstić information content (AvgIpc) is 2.49. The van der Waals surface area contributed by atoms with Crippen LogP contribution in [0.2, 0.25) is 0 Å². The van der Waals surface area contributed by atoms with Gasteiger partial charge in [0.2, 0.25) is 0 Å². The minimum Gasteiger partial charge on any atom is -0.481 e. The van der Waals surface area contributed by atoms with Crippen molar-refractivity contribution in [3.05, 3.63) is 28.2 Å². The molecule has 1 unspecified atom stereocenters. The summed E-state index contributed by atoms with van der Waals surface area (Å²) >= 11 is 3.36. The number of para-hydroxylation sites is 1. The number of ether oxygens (including phenoxy) is 1. The van der Waals surface area contributed by atoms with Crippen molar-refractivity contribution in [3.8, 4) is 5.75 Å². The lowest BCUT2D eigenvalue weighted by Crippen LogP contribution is -2.13. The summed E-state index contributed by atoms with van der Waals surface area (Å²) in [5.41, 5.74) is 1.10. The van der Waals surface area contributed by atoms with Crippen molar-refractivity contribution < 1.29 is 9.53 Å². The number of hydrogen-bond donors (Lipinski definition) is 0. The normalized spacial score (nSPS) is 19.9. The molecule has 2 rings (SSSR count). The largest absolute Gasteiger partial charge is 0.481 e. The molecule has 0 saturated heterocycles. The van der Waals surface area contributed by atoms with Gasteiger partial charge in [-0.15, -0.1) is 0 Å². The van der Waals surface area contributed by atoms with Crippen LogP contribution in [0.1, 0.15) is 5.56 Å². The molecule has 1 aliphatic heterocycles. The maximum absolute atomic E-state index is 10.4. The Morgan fingerprint density at radius 3 is 3.08 bits per heavy atom. The molecule has 2 nitrogen and oxygen atoms in total. The van der Waals surface area contributed by atoms with Gasteiger partial charge in [0.1, 0.15) is 5.75 Å². The predicted octanol–water partition coefficient (Wildman–Crippen LogP) is 1.95. The van der Waals surface area contributed by atoms with Crippen LogP contribution in [-0.4, -0.2) is 12.4 Å².